The van der Waals surface area contributed by atoms with E-state index < -0.39 is 0 Å². The summed E-state index contributed by atoms with van der Waals surface area (Å²) in [5, 5.41) is 3.07. The number of amides is 1. The summed E-state index contributed by atoms with van der Waals surface area (Å²) in [5.41, 5.74) is -0.129. The van der Waals surface area contributed by atoms with Crippen LogP contribution in [0.4, 0.5) is 0 Å². The zero-order valence-electron chi connectivity index (χ0n) is 10.9. The van der Waals surface area contributed by atoms with Crippen LogP contribution in [0.5, 0.6) is 0 Å². The van der Waals surface area contributed by atoms with Gasteiger partial charge in [0.15, 0.2) is 0 Å². The van der Waals surface area contributed by atoms with Crippen LogP contribution in [0.3, 0.4) is 0 Å². The van der Waals surface area contributed by atoms with E-state index in [4.69, 9.17) is 0 Å². The molecule has 0 spiro atoms. The Labute approximate surface area is 99.5 Å². The van der Waals surface area contributed by atoms with E-state index in [-0.39, 0.29) is 17.4 Å². The standard InChI is InChI=1S/C14H25NO/c1-5-7-12(10-11-8-6-9-11)13(16)15-14(2,3)4/h5,11-12H,1,6-10H2,2-4H3,(H,15,16). The predicted octanol–water partition coefficient (Wildman–Crippen LogP) is 3.28. The molecule has 16 heavy (non-hydrogen) atoms. The molecule has 2 nitrogen and oxygen atoms in total. The van der Waals surface area contributed by atoms with E-state index in [0.717, 1.165) is 18.8 Å². The molecule has 1 saturated carbocycles. The molecule has 0 aliphatic heterocycles. The zero-order valence-corrected chi connectivity index (χ0v) is 10.9. The van der Waals surface area contributed by atoms with Crippen molar-refractivity contribution < 1.29 is 4.79 Å². The van der Waals surface area contributed by atoms with Crippen molar-refractivity contribution in [3.05, 3.63) is 12.7 Å². The number of hydrogen-bond acceptors (Lipinski definition) is 1. The van der Waals surface area contributed by atoms with Gasteiger partial charge in [-0.1, -0.05) is 25.3 Å². The lowest BCUT2D eigenvalue weighted by molar-refractivity contribution is -0.127. The largest absolute Gasteiger partial charge is 0.351 e. The Bertz CT molecular complexity index is 248. The molecule has 1 amide bonds. The van der Waals surface area contributed by atoms with Crippen molar-refractivity contribution in [2.24, 2.45) is 11.8 Å². The van der Waals surface area contributed by atoms with E-state index in [1.165, 1.54) is 19.3 Å². The summed E-state index contributed by atoms with van der Waals surface area (Å²) >= 11 is 0. The van der Waals surface area contributed by atoms with Crippen molar-refractivity contribution in [1.82, 2.24) is 5.32 Å². The van der Waals surface area contributed by atoms with Gasteiger partial charge in [0.25, 0.3) is 0 Å². The highest BCUT2D eigenvalue weighted by molar-refractivity contribution is 5.79. The van der Waals surface area contributed by atoms with Crippen LogP contribution < -0.4 is 5.32 Å². The highest BCUT2D eigenvalue weighted by Crippen LogP contribution is 2.33. The summed E-state index contributed by atoms with van der Waals surface area (Å²) in [7, 11) is 0. The SMILES string of the molecule is C=CCC(CC1CCC1)C(=O)NC(C)(C)C. The third-order valence-electron chi connectivity index (χ3n) is 3.16. The maximum Gasteiger partial charge on any atom is 0.223 e. The van der Waals surface area contributed by atoms with Gasteiger partial charge in [-0.25, -0.2) is 0 Å². The van der Waals surface area contributed by atoms with Crippen molar-refractivity contribution in [3.8, 4) is 0 Å². The monoisotopic (exact) mass is 223 g/mol. The number of allylic oxidation sites excluding steroid dienone is 1. The smallest absolute Gasteiger partial charge is 0.223 e. The van der Waals surface area contributed by atoms with Crippen LogP contribution in [0.25, 0.3) is 0 Å². The van der Waals surface area contributed by atoms with E-state index in [0.29, 0.717) is 0 Å². The molecule has 1 N–H and O–H groups in total. The van der Waals surface area contributed by atoms with Gasteiger partial charge < -0.3 is 5.32 Å². The number of carbonyl (C=O) groups is 1. The van der Waals surface area contributed by atoms with Gasteiger partial charge in [0, 0.05) is 11.5 Å². The van der Waals surface area contributed by atoms with Gasteiger partial charge in [0.2, 0.25) is 5.91 Å². The van der Waals surface area contributed by atoms with Crippen LogP contribution in [0.2, 0.25) is 0 Å². The van der Waals surface area contributed by atoms with Gasteiger partial charge in [-0.2, -0.15) is 0 Å². The number of nitrogens with one attached hydrogen (secondary N) is 1. The molecule has 1 atom stereocenters. The molecule has 1 aliphatic carbocycles. The first-order valence-electron chi connectivity index (χ1n) is 6.35. The maximum absolute atomic E-state index is 12.1. The topological polar surface area (TPSA) is 29.1 Å². The fourth-order valence-electron chi connectivity index (χ4n) is 2.11. The maximum atomic E-state index is 12.1. The van der Waals surface area contributed by atoms with Crippen molar-refractivity contribution in [2.45, 2.75) is 58.4 Å². The minimum Gasteiger partial charge on any atom is -0.351 e. The molecular weight excluding hydrogens is 198 g/mol. The van der Waals surface area contributed by atoms with E-state index in [2.05, 4.69) is 11.9 Å². The van der Waals surface area contributed by atoms with Crippen LogP contribution in [-0.4, -0.2) is 11.4 Å². The molecule has 1 rings (SSSR count). The van der Waals surface area contributed by atoms with Gasteiger partial charge in [0.05, 0.1) is 0 Å². The average Bonchev–Trinajstić information content (AvgIpc) is 2.05. The molecule has 0 heterocycles. The molecule has 0 bridgehead atoms. The molecule has 0 aromatic carbocycles. The molecule has 1 aliphatic rings. The fourth-order valence-corrected chi connectivity index (χ4v) is 2.11. The van der Waals surface area contributed by atoms with Gasteiger partial charge in [-0.05, 0) is 39.5 Å². The van der Waals surface area contributed by atoms with Gasteiger partial charge >= 0.3 is 0 Å². The Morgan fingerprint density at radius 2 is 2.12 bits per heavy atom. The van der Waals surface area contributed by atoms with E-state index >= 15 is 0 Å². The first kappa shape index (κ1) is 13.3. The molecule has 1 unspecified atom stereocenters. The summed E-state index contributed by atoms with van der Waals surface area (Å²) in [6, 6.07) is 0. The molecule has 0 radical (unpaired) electrons. The zero-order chi connectivity index (χ0) is 12.2. The normalized spacial score (nSPS) is 18.7. The summed E-state index contributed by atoms with van der Waals surface area (Å²) in [6.45, 7) is 9.83. The summed E-state index contributed by atoms with van der Waals surface area (Å²) in [5.74, 6) is 1.09. The van der Waals surface area contributed by atoms with Crippen molar-refractivity contribution in [2.75, 3.05) is 0 Å². The first-order chi connectivity index (χ1) is 7.42. The molecule has 1 fully saturated rings. The Balaban J connectivity index is 2.47. The molecule has 0 aromatic heterocycles. The molecular formula is C14H25NO. The second-order valence-electron chi connectivity index (χ2n) is 5.99. The quantitative estimate of drug-likeness (QED) is 0.712. The average molecular weight is 223 g/mol. The Kier molecular flexibility index (Phi) is 4.57. The Morgan fingerprint density at radius 1 is 1.50 bits per heavy atom. The second-order valence-corrected chi connectivity index (χ2v) is 5.99. The Morgan fingerprint density at radius 3 is 2.50 bits per heavy atom. The van der Waals surface area contributed by atoms with Crippen LogP contribution in [0.15, 0.2) is 12.7 Å². The molecule has 2 heteroatoms. The van der Waals surface area contributed by atoms with Crippen LogP contribution in [-0.2, 0) is 4.79 Å². The summed E-state index contributed by atoms with van der Waals surface area (Å²) in [4.78, 5) is 12.1. The van der Waals surface area contributed by atoms with Crippen LogP contribution >= 0.6 is 0 Å². The fraction of sp³-hybridized carbons (Fsp3) is 0.786. The lowest BCUT2D eigenvalue weighted by atomic mass is 9.78. The second kappa shape index (κ2) is 5.51. The van der Waals surface area contributed by atoms with Crippen molar-refractivity contribution >= 4 is 5.91 Å². The van der Waals surface area contributed by atoms with Crippen molar-refractivity contribution in [1.29, 1.82) is 0 Å². The highest BCUT2D eigenvalue weighted by atomic mass is 16.2. The minimum absolute atomic E-state index is 0.127. The predicted molar refractivity (Wildman–Crippen MR) is 68.2 cm³/mol. The van der Waals surface area contributed by atoms with E-state index in [1.807, 2.05) is 26.8 Å². The van der Waals surface area contributed by atoms with Crippen molar-refractivity contribution in [3.63, 3.8) is 0 Å². The highest BCUT2D eigenvalue weighted by Gasteiger charge is 2.27. The summed E-state index contributed by atoms with van der Waals surface area (Å²) in [6.07, 6.45) is 7.65. The number of carbonyl (C=O) groups excluding carboxylic acids is 1. The van der Waals surface area contributed by atoms with Gasteiger partial charge in [0.1, 0.15) is 0 Å². The van der Waals surface area contributed by atoms with Gasteiger partial charge in [-0.15, -0.1) is 6.58 Å². The summed E-state index contributed by atoms with van der Waals surface area (Å²) < 4.78 is 0. The van der Waals surface area contributed by atoms with Gasteiger partial charge in [-0.3, -0.25) is 4.79 Å². The number of rotatable bonds is 5. The van der Waals surface area contributed by atoms with E-state index in [1.54, 1.807) is 0 Å². The third-order valence-corrected chi connectivity index (χ3v) is 3.16. The lowest BCUT2D eigenvalue weighted by Gasteiger charge is -2.30. The first-order valence-corrected chi connectivity index (χ1v) is 6.35. The number of hydrogen-bond donors (Lipinski definition) is 1. The lowest BCUT2D eigenvalue weighted by Crippen LogP contribution is -2.44. The van der Waals surface area contributed by atoms with E-state index in [9.17, 15) is 4.79 Å². The molecule has 92 valence electrons. The minimum atomic E-state index is -0.129. The van der Waals surface area contributed by atoms with Crippen LogP contribution in [0, 0.1) is 11.8 Å². The Hall–Kier alpha value is -0.790. The molecule has 0 aromatic rings. The molecule has 0 saturated heterocycles. The van der Waals surface area contributed by atoms with Crippen LogP contribution in [0.1, 0.15) is 52.9 Å². The third kappa shape index (κ3) is 4.38.